The fraction of sp³-hybridized carbons (Fsp3) is 0.400. The lowest BCUT2D eigenvalue weighted by molar-refractivity contribution is -0.149. The zero-order chi connectivity index (χ0) is 11.6. The summed E-state index contributed by atoms with van der Waals surface area (Å²) in [5.74, 6) is -0.337. The molecule has 0 spiro atoms. The predicted molar refractivity (Wildman–Crippen MR) is 56.5 cm³/mol. The summed E-state index contributed by atoms with van der Waals surface area (Å²) in [5.41, 5.74) is 0.866. The van der Waals surface area contributed by atoms with Crippen molar-refractivity contribution in [2.75, 3.05) is 13.2 Å². The molecule has 6 heteroatoms. The van der Waals surface area contributed by atoms with Gasteiger partial charge >= 0.3 is 7.32 Å². The fourth-order valence-electron chi connectivity index (χ4n) is 1.64. The van der Waals surface area contributed by atoms with E-state index in [2.05, 4.69) is 0 Å². The first-order chi connectivity index (χ1) is 7.60. The zero-order valence-corrected chi connectivity index (χ0v) is 8.92. The molecule has 2 N–H and O–H groups in total. The number of rotatable bonds is 3. The van der Waals surface area contributed by atoms with Gasteiger partial charge in [0.15, 0.2) is 5.79 Å². The van der Waals surface area contributed by atoms with E-state index in [-0.39, 0.29) is 0 Å². The van der Waals surface area contributed by atoms with Crippen LogP contribution in [-0.4, -0.2) is 30.6 Å². The summed E-state index contributed by atoms with van der Waals surface area (Å²) >= 11 is 0. The molecule has 0 unspecified atom stereocenters. The van der Waals surface area contributed by atoms with Crippen LogP contribution in [0.15, 0.2) is 24.3 Å². The van der Waals surface area contributed by atoms with E-state index in [1.807, 2.05) is 6.92 Å². The molecular weight excluding hydrogens is 211 g/mol. The van der Waals surface area contributed by atoms with E-state index in [1.54, 1.807) is 24.3 Å². The Bertz CT molecular complexity index is 345. The van der Waals surface area contributed by atoms with Crippen LogP contribution < -0.4 is 4.65 Å². The van der Waals surface area contributed by atoms with Crippen molar-refractivity contribution in [3.8, 4) is 5.75 Å². The van der Waals surface area contributed by atoms with Gasteiger partial charge in [0.25, 0.3) is 0 Å². The molecule has 1 saturated heterocycles. The largest absolute Gasteiger partial charge is 0.707 e. The van der Waals surface area contributed by atoms with Crippen LogP contribution >= 0.6 is 0 Å². The molecule has 1 aromatic carbocycles. The van der Waals surface area contributed by atoms with Gasteiger partial charge in [-0.2, -0.15) is 0 Å². The molecule has 16 heavy (non-hydrogen) atoms. The Hall–Kier alpha value is -1.08. The van der Waals surface area contributed by atoms with E-state index in [0.717, 1.165) is 5.56 Å². The quantitative estimate of drug-likeness (QED) is 0.720. The molecule has 0 aromatic heterocycles. The van der Waals surface area contributed by atoms with Crippen LogP contribution in [0.5, 0.6) is 5.75 Å². The van der Waals surface area contributed by atoms with Gasteiger partial charge < -0.3 is 24.2 Å². The standard InChI is InChI=1S/C10H13BO5/c1-10(14-6-7-15-10)8-2-4-9(5-3-8)16-11(12)13/h2-5,12-13H,6-7H2,1H3. The Labute approximate surface area is 93.7 Å². The van der Waals surface area contributed by atoms with Crippen LogP contribution in [0.25, 0.3) is 0 Å². The molecule has 0 amide bonds. The van der Waals surface area contributed by atoms with E-state index < -0.39 is 13.1 Å². The summed E-state index contributed by atoms with van der Waals surface area (Å²) in [5, 5.41) is 17.2. The zero-order valence-electron chi connectivity index (χ0n) is 8.92. The molecule has 1 heterocycles. The third-order valence-electron chi connectivity index (χ3n) is 2.46. The van der Waals surface area contributed by atoms with E-state index in [4.69, 9.17) is 24.2 Å². The van der Waals surface area contributed by atoms with E-state index in [1.165, 1.54) is 0 Å². The van der Waals surface area contributed by atoms with Gasteiger partial charge in [-0.15, -0.1) is 0 Å². The number of benzene rings is 1. The molecular formula is C10H13BO5. The van der Waals surface area contributed by atoms with Crippen LogP contribution in [-0.2, 0) is 15.3 Å². The summed E-state index contributed by atoms with van der Waals surface area (Å²) in [6.07, 6.45) is 0. The van der Waals surface area contributed by atoms with Gasteiger partial charge in [-0.3, -0.25) is 0 Å². The minimum absolute atomic E-state index is 0.375. The Kier molecular flexibility index (Phi) is 3.16. The van der Waals surface area contributed by atoms with Crippen LogP contribution in [0.2, 0.25) is 0 Å². The topological polar surface area (TPSA) is 68.2 Å². The first-order valence-electron chi connectivity index (χ1n) is 5.01. The number of hydrogen-bond donors (Lipinski definition) is 2. The predicted octanol–water partition coefficient (Wildman–Crippen LogP) is 0.254. The Morgan fingerprint density at radius 2 is 1.75 bits per heavy atom. The van der Waals surface area contributed by atoms with Gasteiger partial charge in [0.1, 0.15) is 5.75 Å². The fourth-order valence-corrected chi connectivity index (χ4v) is 1.64. The van der Waals surface area contributed by atoms with Gasteiger partial charge in [-0.05, 0) is 19.1 Å². The van der Waals surface area contributed by atoms with Crippen LogP contribution in [0, 0.1) is 0 Å². The molecule has 1 aromatic rings. The highest BCUT2D eigenvalue weighted by atomic mass is 16.7. The Balaban J connectivity index is 2.12. The second-order valence-corrected chi connectivity index (χ2v) is 3.61. The van der Waals surface area contributed by atoms with Crippen LogP contribution in [0.4, 0.5) is 0 Å². The van der Waals surface area contributed by atoms with E-state index in [0.29, 0.717) is 19.0 Å². The molecule has 2 rings (SSSR count). The van der Waals surface area contributed by atoms with Crippen LogP contribution in [0.1, 0.15) is 12.5 Å². The third kappa shape index (κ3) is 2.36. The summed E-state index contributed by atoms with van der Waals surface area (Å²) < 4.78 is 15.7. The molecule has 0 saturated carbocycles. The Morgan fingerprint density at radius 3 is 2.25 bits per heavy atom. The van der Waals surface area contributed by atoms with E-state index >= 15 is 0 Å². The number of ether oxygens (including phenoxy) is 2. The lowest BCUT2D eigenvalue weighted by atomic mass is 10.1. The van der Waals surface area contributed by atoms with Gasteiger partial charge in [0.2, 0.25) is 0 Å². The molecule has 1 aliphatic heterocycles. The molecule has 0 radical (unpaired) electrons. The van der Waals surface area contributed by atoms with Crippen molar-refractivity contribution in [1.82, 2.24) is 0 Å². The van der Waals surface area contributed by atoms with Crippen molar-refractivity contribution in [2.45, 2.75) is 12.7 Å². The normalized spacial score (nSPS) is 18.4. The van der Waals surface area contributed by atoms with Gasteiger partial charge in [0, 0.05) is 5.56 Å². The minimum Gasteiger partial charge on any atom is -0.512 e. The van der Waals surface area contributed by atoms with Crippen molar-refractivity contribution >= 4 is 7.32 Å². The number of hydrogen-bond acceptors (Lipinski definition) is 5. The average Bonchev–Trinajstić information content (AvgIpc) is 2.66. The Morgan fingerprint density at radius 1 is 1.19 bits per heavy atom. The van der Waals surface area contributed by atoms with Gasteiger partial charge in [-0.25, -0.2) is 0 Å². The second-order valence-electron chi connectivity index (χ2n) is 3.61. The van der Waals surface area contributed by atoms with Crippen molar-refractivity contribution < 1.29 is 24.2 Å². The molecule has 0 bridgehead atoms. The van der Waals surface area contributed by atoms with Gasteiger partial charge in [-0.1, -0.05) is 12.1 Å². The lowest BCUT2D eigenvalue weighted by Crippen LogP contribution is -2.23. The highest BCUT2D eigenvalue weighted by Crippen LogP contribution is 2.31. The third-order valence-corrected chi connectivity index (χ3v) is 2.46. The van der Waals surface area contributed by atoms with Crippen molar-refractivity contribution in [3.05, 3.63) is 29.8 Å². The van der Waals surface area contributed by atoms with Gasteiger partial charge in [0.05, 0.1) is 13.2 Å². The SMILES string of the molecule is CC1(c2ccc(OB(O)O)cc2)OCCO1. The molecule has 1 aliphatic rings. The highest BCUT2D eigenvalue weighted by Gasteiger charge is 2.32. The smallest absolute Gasteiger partial charge is 0.512 e. The minimum atomic E-state index is -1.81. The molecule has 86 valence electrons. The first kappa shape index (κ1) is 11.4. The molecule has 0 aliphatic carbocycles. The molecule has 5 nitrogen and oxygen atoms in total. The summed E-state index contributed by atoms with van der Waals surface area (Å²) in [6.45, 7) is 2.99. The van der Waals surface area contributed by atoms with Crippen LogP contribution in [0.3, 0.4) is 0 Å². The van der Waals surface area contributed by atoms with Crippen molar-refractivity contribution in [1.29, 1.82) is 0 Å². The maximum Gasteiger partial charge on any atom is 0.707 e. The summed E-state index contributed by atoms with van der Waals surface area (Å²) in [6, 6.07) is 6.79. The maximum atomic E-state index is 8.62. The molecule has 1 fully saturated rings. The molecule has 0 atom stereocenters. The monoisotopic (exact) mass is 224 g/mol. The maximum absolute atomic E-state index is 8.62. The summed E-state index contributed by atoms with van der Waals surface area (Å²) in [7, 11) is -1.81. The van der Waals surface area contributed by atoms with Crippen molar-refractivity contribution in [2.24, 2.45) is 0 Å². The van der Waals surface area contributed by atoms with E-state index in [9.17, 15) is 0 Å². The van der Waals surface area contributed by atoms with Crippen molar-refractivity contribution in [3.63, 3.8) is 0 Å². The first-order valence-corrected chi connectivity index (χ1v) is 5.01. The highest BCUT2D eigenvalue weighted by molar-refractivity contribution is 6.33. The second kappa shape index (κ2) is 4.43. The average molecular weight is 224 g/mol. The lowest BCUT2D eigenvalue weighted by Gasteiger charge is -2.22. The summed E-state index contributed by atoms with van der Waals surface area (Å²) in [4.78, 5) is 0.